The van der Waals surface area contributed by atoms with E-state index in [0.29, 0.717) is 12.8 Å². The maximum atomic E-state index is 13.2. The van der Waals surface area contributed by atoms with Crippen LogP contribution in [0.4, 0.5) is 0 Å². The Morgan fingerprint density at radius 3 is 1.45 bits per heavy atom. The number of rotatable bonds is 46. The Bertz CT molecular complexity index is 1410. The van der Waals surface area contributed by atoms with Gasteiger partial charge >= 0.3 is 0 Å². The summed E-state index contributed by atoms with van der Waals surface area (Å²) in [7, 11) is 0. The molecule has 73 heavy (non-hydrogen) atoms. The zero-order valence-electron chi connectivity index (χ0n) is 45.6. The molecule has 0 aromatic carbocycles. The monoisotopic (exact) mass is 1040 g/mol. The molecule has 12 atom stereocenters. The van der Waals surface area contributed by atoms with Crippen LogP contribution in [-0.4, -0.2) is 140 Å². The Morgan fingerprint density at radius 2 is 0.945 bits per heavy atom. The van der Waals surface area contributed by atoms with Crippen molar-refractivity contribution in [1.29, 1.82) is 0 Å². The standard InChI is InChI=1S/C59H107NO13/c1-3-5-7-9-11-13-15-17-19-21-22-23-24-25-27-28-30-32-34-36-38-40-42-48(63)47(60-51(64)43-41-39-37-35-33-31-29-26-20-18-16-14-12-10-8-6-4-2)46-70-58-56(69)54(67)57(50(45-62)72-58)73-59-55(68)53(66)52(65)49(44-61)71-59/h6,8,12,14,18,20,29,31,47-50,52-59,61-63,65-69H,3-5,7,9-11,13,15-17,19,21-28,30,32-46H2,1-2H3,(H,60,64)/b8-6-,14-12-,20-18-,31-29-. The van der Waals surface area contributed by atoms with Crippen LogP contribution in [0, 0.1) is 0 Å². The van der Waals surface area contributed by atoms with Crippen LogP contribution in [0.15, 0.2) is 48.6 Å². The van der Waals surface area contributed by atoms with Crippen molar-refractivity contribution in [3.8, 4) is 0 Å². The summed E-state index contributed by atoms with van der Waals surface area (Å²) in [4.78, 5) is 13.2. The highest BCUT2D eigenvalue weighted by molar-refractivity contribution is 5.76. The third-order valence-corrected chi connectivity index (χ3v) is 14.3. The first-order valence-corrected chi connectivity index (χ1v) is 29.4. The Kier molecular flexibility index (Phi) is 41.4. The fourth-order valence-electron chi connectivity index (χ4n) is 9.58. The van der Waals surface area contributed by atoms with Crippen LogP contribution < -0.4 is 5.32 Å². The normalized spacial score (nSPS) is 25.7. The first-order chi connectivity index (χ1) is 35.6. The van der Waals surface area contributed by atoms with Crippen molar-refractivity contribution in [3.63, 3.8) is 0 Å². The van der Waals surface area contributed by atoms with Crippen molar-refractivity contribution in [2.45, 2.75) is 299 Å². The van der Waals surface area contributed by atoms with Gasteiger partial charge in [-0.15, -0.1) is 0 Å². The highest BCUT2D eigenvalue weighted by Gasteiger charge is 2.51. The van der Waals surface area contributed by atoms with Gasteiger partial charge in [0.1, 0.15) is 48.8 Å². The van der Waals surface area contributed by atoms with Crippen LogP contribution in [-0.2, 0) is 23.7 Å². The van der Waals surface area contributed by atoms with Crippen molar-refractivity contribution >= 4 is 5.91 Å². The van der Waals surface area contributed by atoms with Gasteiger partial charge < -0.3 is 65.1 Å². The second-order valence-corrected chi connectivity index (χ2v) is 20.7. The molecule has 2 aliphatic heterocycles. The zero-order valence-corrected chi connectivity index (χ0v) is 45.6. The van der Waals surface area contributed by atoms with Gasteiger partial charge in [0.2, 0.25) is 5.91 Å². The lowest BCUT2D eigenvalue weighted by molar-refractivity contribution is -0.359. The first-order valence-electron chi connectivity index (χ1n) is 29.4. The van der Waals surface area contributed by atoms with Crippen molar-refractivity contribution < 1.29 is 64.6 Å². The number of carbonyl (C=O) groups excluding carboxylic acids is 1. The molecule has 2 saturated heterocycles. The number of carbonyl (C=O) groups is 1. The predicted octanol–water partition coefficient (Wildman–Crippen LogP) is 9.61. The SMILES string of the molecule is CC/C=C\C/C=C\C/C=C\C/C=C\CCCCCCC(=O)NC(COC1OC(CO)C(OC2OC(CO)C(O)C(O)C2O)C(O)C1O)C(O)CCCCCCCCCCCCCCCCCCCCCCCC. The van der Waals surface area contributed by atoms with Gasteiger partial charge in [0, 0.05) is 6.42 Å². The number of hydrogen-bond acceptors (Lipinski definition) is 13. The van der Waals surface area contributed by atoms with Crippen molar-refractivity contribution in [3.05, 3.63) is 48.6 Å². The molecule has 14 heteroatoms. The van der Waals surface area contributed by atoms with E-state index >= 15 is 0 Å². The van der Waals surface area contributed by atoms with Crippen molar-refractivity contribution in [1.82, 2.24) is 5.32 Å². The molecule has 2 aliphatic rings. The Labute approximate surface area is 442 Å². The van der Waals surface area contributed by atoms with Gasteiger partial charge in [-0.3, -0.25) is 4.79 Å². The quantitative estimate of drug-likeness (QED) is 0.0205. The summed E-state index contributed by atoms with van der Waals surface area (Å²) < 4.78 is 22.8. The van der Waals surface area contributed by atoms with Crippen LogP contribution in [0.1, 0.15) is 226 Å². The molecule has 14 nitrogen and oxygen atoms in total. The average molecular weight is 1040 g/mol. The minimum absolute atomic E-state index is 0.230. The molecule has 0 aromatic heterocycles. The Hall–Kier alpha value is -2.05. The Balaban J connectivity index is 1.77. The summed E-state index contributed by atoms with van der Waals surface area (Å²) in [6, 6.07) is -0.843. The van der Waals surface area contributed by atoms with Crippen molar-refractivity contribution in [2.24, 2.45) is 0 Å². The minimum Gasteiger partial charge on any atom is -0.394 e. The predicted molar refractivity (Wildman–Crippen MR) is 291 cm³/mol. The molecular formula is C59H107NO13. The second-order valence-electron chi connectivity index (χ2n) is 20.7. The van der Waals surface area contributed by atoms with E-state index in [-0.39, 0.29) is 18.9 Å². The van der Waals surface area contributed by atoms with Gasteiger partial charge in [0.05, 0.1) is 32.0 Å². The highest BCUT2D eigenvalue weighted by Crippen LogP contribution is 2.30. The van der Waals surface area contributed by atoms with Gasteiger partial charge in [-0.1, -0.05) is 217 Å². The van der Waals surface area contributed by atoms with E-state index in [1.54, 1.807) is 0 Å². The summed E-state index contributed by atoms with van der Waals surface area (Å²) in [5, 5.41) is 87.2. The molecular weight excluding hydrogens is 931 g/mol. The summed E-state index contributed by atoms with van der Waals surface area (Å²) >= 11 is 0. The third-order valence-electron chi connectivity index (χ3n) is 14.3. The lowest BCUT2D eigenvalue weighted by atomic mass is 9.97. The maximum absolute atomic E-state index is 13.2. The topological polar surface area (TPSA) is 228 Å². The van der Waals surface area contributed by atoms with Crippen LogP contribution in [0.5, 0.6) is 0 Å². The van der Waals surface area contributed by atoms with E-state index in [9.17, 15) is 45.6 Å². The number of ether oxygens (including phenoxy) is 4. The van der Waals surface area contributed by atoms with Crippen molar-refractivity contribution in [2.75, 3.05) is 19.8 Å². The van der Waals surface area contributed by atoms with E-state index in [0.717, 1.165) is 77.0 Å². The van der Waals surface area contributed by atoms with E-state index in [1.165, 1.54) is 116 Å². The third kappa shape index (κ3) is 31.1. The maximum Gasteiger partial charge on any atom is 0.220 e. The molecule has 0 aromatic rings. The van der Waals surface area contributed by atoms with E-state index in [4.69, 9.17) is 18.9 Å². The largest absolute Gasteiger partial charge is 0.394 e. The average Bonchev–Trinajstić information content (AvgIpc) is 3.39. The number of amides is 1. The van der Waals surface area contributed by atoms with Gasteiger partial charge in [0.25, 0.3) is 0 Å². The molecule has 0 aliphatic carbocycles. The number of aliphatic hydroxyl groups is 8. The fraction of sp³-hybridized carbons (Fsp3) is 0.847. The van der Waals surface area contributed by atoms with Gasteiger partial charge in [-0.2, -0.15) is 0 Å². The van der Waals surface area contributed by atoms with Gasteiger partial charge in [-0.05, 0) is 51.4 Å². The highest BCUT2D eigenvalue weighted by atomic mass is 16.7. The molecule has 2 heterocycles. The molecule has 2 fully saturated rings. The number of aliphatic hydroxyl groups excluding tert-OH is 8. The second kappa shape index (κ2) is 45.0. The molecule has 0 radical (unpaired) electrons. The molecule has 0 saturated carbocycles. The zero-order chi connectivity index (χ0) is 53.2. The van der Waals surface area contributed by atoms with Crippen LogP contribution in [0.25, 0.3) is 0 Å². The van der Waals surface area contributed by atoms with E-state index in [2.05, 4.69) is 67.8 Å². The summed E-state index contributed by atoms with van der Waals surface area (Å²) in [5.74, 6) is -0.230. The van der Waals surface area contributed by atoms with Gasteiger partial charge in [0.15, 0.2) is 12.6 Å². The lowest BCUT2D eigenvalue weighted by Gasteiger charge is -2.46. The number of nitrogens with one attached hydrogen (secondary N) is 1. The smallest absolute Gasteiger partial charge is 0.220 e. The number of unbranched alkanes of at least 4 members (excludes halogenated alkanes) is 25. The minimum atomic E-state index is -1.79. The lowest BCUT2D eigenvalue weighted by Crippen LogP contribution is -2.65. The molecule has 2 rings (SSSR count). The van der Waals surface area contributed by atoms with Crippen LogP contribution >= 0.6 is 0 Å². The molecule has 0 bridgehead atoms. The molecule has 0 spiro atoms. The van der Waals surface area contributed by atoms with Crippen LogP contribution in [0.2, 0.25) is 0 Å². The Morgan fingerprint density at radius 1 is 0.507 bits per heavy atom. The van der Waals surface area contributed by atoms with E-state index in [1.807, 2.05) is 0 Å². The summed E-state index contributed by atoms with van der Waals surface area (Å²) in [6.45, 7) is 2.74. The first kappa shape index (κ1) is 67.1. The molecule has 12 unspecified atom stereocenters. The fourth-order valence-corrected chi connectivity index (χ4v) is 9.58. The molecule has 9 N–H and O–H groups in total. The number of allylic oxidation sites excluding steroid dienone is 8. The number of hydrogen-bond donors (Lipinski definition) is 9. The van der Waals surface area contributed by atoms with Gasteiger partial charge in [-0.25, -0.2) is 0 Å². The summed E-state index contributed by atoms with van der Waals surface area (Å²) in [6.07, 6.45) is 38.2. The molecule has 1 amide bonds. The molecule has 426 valence electrons. The van der Waals surface area contributed by atoms with E-state index < -0.39 is 86.8 Å². The summed E-state index contributed by atoms with van der Waals surface area (Å²) in [5.41, 5.74) is 0. The van der Waals surface area contributed by atoms with Crippen LogP contribution in [0.3, 0.4) is 0 Å².